The molecule has 0 bridgehead atoms. The number of benzene rings is 1. The Labute approximate surface area is 126 Å². The minimum absolute atomic E-state index is 0.0559. The summed E-state index contributed by atoms with van der Waals surface area (Å²) in [5, 5.41) is 6.66. The van der Waals surface area contributed by atoms with Gasteiger partial charge in [-0.2, -0.15) is 8.75 Å². The van der Waals surface area contributed by atoms with Gasteiger partial charge in [0.1, 0.15) is 11.0 Å². The van der Waals surface area contributed by atoms with E-state index in [-0.39, 0.29) is 11.9 Å². The summed E-state index contributed by atoms with van der Waals surface area (Å²) in [6, 6.07) is 3.36. The van der Waals surface area contributed by atoms with Gasteiger partial charge in [0.2, 0.25) is 5.91 Å². The molecule has 0 radical (unpaired) electrons. The molecule has 106 valence electrons. The van der Waals surface area contributed by atoms with Crippen LogP contribution in [0.3, 0.4) is 0 Å². The Morgan fingerprint density at radius 2 is 2.35 bits per heavy atom. The molecule has 20 heavy (non-hydrogen) atoms. The van der Waals surface area contributed by atoms with Gasteiger partial charge >= 0.3 is 0 Å². The first-order chi connectivity index (χ1) is 9.66. The Morgan fingerprint density at radius 1 is 1.50 bits per heavy atom. The van der Waals surface area contributed by atoms with E-state index in [1.54, 1.807) is 12.1 Å². The molecular formula is C13H15ClN4OS. The van der Waals surface area contributed by atoms with Crippen molar-refractivity contribution in [2.24, 2.45) is 5.92 Å². The average Bonchev–Trinajstić information content (AvgIpc) is 2.91. The van der Waals surface area contributed by atoms with Crippen LogP contribution in [0, 0.1) is 5.92 Å². The first kappa shape index (κ1) is 13.7. The van der Waals surface area contributed by atoms with E-state index >= 15 is 0 Å². The lowest BCUT2D eigenvalue weighted by Gasteiger charge is -2.29. The van der Waals surface area contributed by atoms with Crippen LogP contribution in [0.1, 0.15) is 19.8 Å². The van der Waals surface area contributed by atoms with E-state index in [1.807, 2.05) is 0 Å². The number of nitrogens with one attached hydrogen (secondary N) is 2. The summed E-state index contributed by atoms with van der Waals surface area (Å²) in [4.78, 5) is 12.4. The molecule has 7 heteroatoms. The predicted octanol–water partition coefficient (Wildman–Crippen LogP) is 2.67. The summed E-state index contributed by atoms with van der Waals surface area (Å²) in [5.74, 6) is 0.259. The third-order valence-electron chi connectivity index (χ3n) is 3.68. The maximum Gasteiger partial charge on any atom is 0.241 e. The molecule has 2 N–H and O–H groups in total. The van der Waals surface area contributed by atoms with E-state index in [2.05, 4.69) is 26.3 Å². The summed E-state index contributed by atoms with van der Waals surface area (Å²) in [5.41, 5.74) is 1.96. The average molecular weight is 311 g/mol. The number of hydrogen-bond acceptors (Lipinski definition) is 5. The molecule has 0 saturated carbocycles. The van der Waals surface area contributed by atoms with Crippen LogP contribution in [0.2, 0.25) is 5.02 Å². The first-order valence-corrected chi connectivity index (χ1v) is 7.72. The topological polar surface area (TPSA) is 66.9 Å². The number of aromatic nitrogens is 2. The van der Waals surface area contributed by atoms with Gasteiger partial charge in [-0.25, -0.2) is 0 Å². The highest BCUT2D eigenvalue weighted by molar-refractivity contribution is 7.00. The highest BCUT2D eigenvalue weighted by Crippen LogP contribution is 2.30. The second-order valence-corrected chi connectivity index (χ2v) is 6.03. The Hall–Kier alpha value is -1.24. The van der Waals surface area contributed by atoms with Crippen molar-refractivity contribution in [3.63, 3.8) is 0 Å². The molecule has 1 saturated heterocycles. The van der Waals surface area contributed by atoms with E-state index < -0.39 is 0 Å². The summed E-state index contributed by atoms with van der Waals surface area (Å²) >= 11 is 7.29. The van der Waals surface area contributed by atoms with Crippen LogP contribution < -0.4 is 10.6 Å². The second-order valence-electron chi connectivity index (χ2n) is 5.09. The van der Waals surface area contributed by atoms with Gasteiger partial charge in [-0.05, 0) is 37.4 Å². The molecular weight excluding hydrogens is 296 g/mol. The molecule has 1 aliphatic heterocycles. The number of halogens is 1. The van der Waals surface area contributed by atoms with E-state index in [0.29, 0.717) is 22.1 Å². The summed E-state index contributed by atoms with van der Waals surface area (Å²) in [6.45, 7) is 2.96. The van der Waals surface area contributed by atoms with Crippen LogP contribution in [0.25, 0.3) is 11.0 Å². The number of amides is 1. The van der Waals surface area contributed by atoms with Crippen LogP contribution in [0.4, 0.5) is 5.69 Å². The Kier molecular flexibility index (Phi) is 3.87. The van der Waals surface area contributed by atoms with E-state index in [4.69, 9.17) is 11.6 Å². The Balaban J connectivity index is 1.87. The zero-order valence-electron chi connectivity index (χ0n) is 11.0. The number of carbonyl (C=O) groups excluding carboxylic acids is 1. The fraction of sp³-hybridized carbons (Fsp3) is 0.462. The minimum atomic E-state index is -0.179. The van der Waals surface area contributed by atoms with Crippen molar-refractivity contribution in [2.75, 3.05) is 11.9 Å². The molecule has 1 aromatic carbocycles. The number of hydrogen-bond donors (Lipinski definition) is 2. The Bertz CT molecular complexity index is 644. The molecule has 2 atom stereocenters. The zero-order valence-corrected chi connectivity index (χ0v) is 12.6. The van der Waals surface area contributed by atoms with Crippen LogP contribution in [-0.4, -0.2) is 27.2 Å². The number of anilines is 1. The Morgan fingerprint density at radius 3 is 3.15 bits per heavy atom. The molecule has 2 unspecified atom stereocenters. The maximum absolute atomic E-state index is 12.4. The van der Waals surface area contributed by atoms with Gasteiger partial charge in [0.05, 0.1) is 28.5 Å². The monoisotopic (exact) mass is 310 g/mol. The normalized spacial score (nSPS) is 22.9. The highest BCUT2D eigenvalue weighted by Gasteiger charge is 2.28. The molecule has 1 fully saturated rings. The predicted molar refractivity (Wildman–Crippen MR) is 81.2 cm³/mol. The van der Waals surface area contributed by atoms with Crippen molar-refractivity contribution >= 4 is 46.0 Å². The third-order valence-corrected chi connectivity index (χ3v) is 4.53. The van der Waals surface area contributed by atoms with Gasteiger partial charge in [0.15, 0.2) is 0 Å². The molecule has 5 nitrogen and oxygen atoms in total. The van der Waals surface area contributed by atoms with E-state index in [0.717, 1.165) is 36.6 Å². The van der Waals surface area contributed by atoms with Crippen molar-refractivity contribution in [3.05, 3.63) is 17.2 Å². The van der Waals surface area contributed by atoms with Crippen molar-refractivity contribution in [1.29, 1.82) is 0 Å². The maximum atomic E-state index is 12.4. The van der Waals surface area contributed by atoms with E-state index in [9.17, 15) is 4.79 Å². The van der Waals surface area contributed by atoms with Crippen molar-refractivity contribution in [1.82, 2.24) is 14.1 Å². The molecule has 1 amide bonds. The third kappa shape index (κ3) is 2.51. The van der Waals surface area contributed by atoms with Gasteiger partial charge in [0, 0.05) is 0 Å². The zero-order chi connectivity index (χ0) is 14.1. The molecule has 0 aliphatic carbocycles. The lowest BCUT2D eigenvalue weighted by Crippen LogP contribution is -2.48. The first-order valence-electron chi connectivity index (χ1n) is 6.62. The van der Waals surface area contributed by atoms with Crippen molar-refractivity contribution < 1.29 is 4.79 Å². The van der Waals surface area contributed by atoms with Crippen LogP contribution in [-0.2, 0) is 4.79 Å². The summed E-state index contributed by atoms with van der Waals surface area (Å²) < 4.78 is 8.37. The summed E-state index contributed by atoms with van der Waals surface area (Å²) in [6.07, 6.45) is 2.17. The summed E-state index contributed by atoms with van der Waals surface area (Å²) in [7, 11) is 0. The second kappa shape index (κ2) is 5.63. The fourth-order valence-corrected chi connectivity index (χ4v) is 3.29. The molecule has 2 heterocycles. The van der Waals surface area contributed by atoms with Gasteiger partial charge in [-0.15, -0.1) is 0 Å². The highest BCUT2D eigenvalue weighted by atomic mass is 35.5. The SMILES string of the molecule is CC1CCCNC1C(=O)Nc1c(Cl)ccc2nsnc12. The minimum Gasteiger partial charge on any atom is -0.322 e. The lowest BCUT2D eigenvalue weighted by atomic mass is 9.92. The van der Waals surface area contributed by atoms with Crippen molar-refractivity contribution in [2.45, 2.75) is 25.8 Å². The quantitative estimate of drug-likeness (QED) is 0.895. The van der Waals surface area contributed by atoms with Crippen LogP contribution >= 0.6 is 23.3 Å². The molecule has 3 rings (SSSR count). The molecule has 1 aromatic heterocycles. The number of carbonyl (C=O) groups is 1. The lowest BCUT2D eigenvalue weighted by molar-refractivity contribution is -0.119. The standard InChI is InChI=1S/C13H15ClN4OS/c1-7-3-2-6-15-10(7)13(19)16-11-8(14)4-5-9-12(11)18-20-17-9/h4-5,7,10,15H,2-3,6H2,1H3,(H,16,19). The molecule has 0 spiro atoms. The fourth-order valence-electron chi connectivity index (χ4n) is 2.55. The van der Waals surface area contributed by atoms with Gasteiger partial charge < -0.3 is 10.6 Å². The van der Waals surface area contributed by atoms with E-state index in [1.165, 1.54) is 0 Å². The largest absolute Gasteiger partial charge is 0.322 e. The molecule has 1 aliphatic rings. The van der Waals surface area contributed by atoms with Crippen LogP contribution in [0.5, 0.6) is 0 Å². The van der Waals surface area contributed by atoms with Gasteiger partial charge in [0.25, 0.3) is 0 Å². The van der Waals surface area contributed by atoms with Crippen molar-refractivity contribution in [3.8, 4) is 0 Å². The smallest absolute Gasteiger partial charge is 0.241 e. The van der Waals surface area contributed by atoms with Gasteiger partial charge in [-0.3, -0.25) is 4.79 Å². The van der Waals surface area contributed by atoms with Gasteiger partial charge in [-0.1, -0.05) is 18.5 Å². The molecule has 2 aromatic rings. The number of rotatable bonds is 2. The number of piperidine rings is 1. The van der Waals surface area contributed by atoms with Crippen LogP contribution in [0.15, 0.2) is 12.1 Å². The number of nitrogens with zero attached hydrogens (tertiary/aromatic N) is 2. The number of fused-ring (bicyclic) bond motifs is 1.